The summed E-state index contributed by atoms with van der Waals surface area (Å²) < 4.78 is 51.8. The molecule has 0 saturated carbocycles. The van der Waals surface area contributed by atoms with Gasteiger partial charge >= 0.3 is 24.8 Å². The molecule has 0 unspecified atom stereocenters. The Balaban J connectivity index is 0.000000497. The molecule has 0 aliphatic heterocycles. The maximum atomic E-state index is 11.7. The number of thiol groups is 1. The predicted molar refractivity (Wildman–Crippen MR) is 129 cm³/mol. The molecule has 0 fully saturated rings. The van der Waals surface area contributed by atoms with Crippen LogP contribution in [0.15, 0.2) is 62.6 Å². The first-order chi connectivity index (χ1) is 13.8. The van der Waals surface area contributed by atoms with Crippen molar-refractivity contribution in [3.8, 4) is 0 Å². The normalized spacial score (nSPS) is 11.2. The van der Waals surface area contributed by atoms with Crippen molar-refractivity contribution in [2.75, 3.05) is 28.2 Å². The molecule has 0 heterocycles. The third kappa shape index (κ3) is 8.99. The molecule has 2 aromatic rings. The molecule has 165 valence electrons. The van der Waals surface area contributed by atoms with E-state index in [2.05, 4.69) is 40.7 Å². The third-order valence-electron chi connectivity index (χ3n) is 3.60. The van der Waals surface area contributed by atoms with Crippen LogP contribution < -0.4 is 0 Å². The molecule has 0 bridgehead atoms. The van der Waals surface area contributed by atoms with Crippen molar-refractivity contribution in [3.05, 3.63) is 59.7 Å². The summed E-state index contributed by atoms with van der Waals surface area (Å²) in [6, 6.07) is 13.8. The van der Waals surface area contributed by atoms with Gasteiger partial charge < -0.3 is 0 Å². The van der Waals surface area contributed by atoms with Crippen molar-refractivity contribution in [1.82, 2.24) is 8.61 Å². The van der Waals surface area contributed by atoms with Crippen LogP contribution in [0, 0.1) is 6.92 Å². The average molecular weight is 535 g/mol. The van der Waals surface area contributed by atoms with Crippen LogP contribution in [0.1, 0.15) is 11.1 Å². The van der Waals surface area contributed by atoms with E-state index < -0.39 is 20.0 Å². The van der Waals surface area contributed by atoms with Crippen LogP contribution in [0.3, 0.4) is 0 Å². The molecule has 0 saturated heterocycles. The SMILES string of the molecule is CN(C)S(=O)(=O)c1cccc(CBr)c1.Cc1cccc(S(=O)(=O)N(C)C)c1.[B]=NS. The predicted octanol–water partition coefficient (Wildman–Crippen LogP) is 3.26. The summed E-state index contributed by atoms with van der Waals surface area (Å²) in [6.45, 7) is 1.87. The van der Waals surface area contributed by atoms with E-state index in [0.29, 0.717) is 15.1 Å². The number of halogens is 1. The second-order valence-corrected chi connectivity index (χ2v) is 11.4. The van der Waals surface area contributed by atoms with Gasteiger partial charge in [-0.3, -0.25) is 0 Å². The molecule has 30 heavy (non-hydrogen) atoms. The molecular formula is C18H26BBrN3O4S3. The quantitative estimate of drug-likeness (QED) is 0.362. The average Bonchev–Trinajstić information content (AvgIpc) is 2.69. The van der Waals surface area contributed by atoms with Crippen LogP contribution in [-0.4, -0.2) is 61.3 Å². The summed E-state index contributed by atoms with van der Waals surface area (Å²) >= 11 is 6.48. The fourth-order valence-electron chi connectivity index (χ4n) is 1.99. The molecule has 0 N–H and O–H groups in total. The van der Waals surface area contributed by atoms with E-state index in [4.69, 9.17) is 0 Å². The topological polar surface area (TPSA) is 87.1 Å². The van der Waals surface area contributed by atoms with E-state index in [9.17, 15) is 16.8 Å². The molecule has 0 aliphatic rings. The second kappa shape index (κ2) is 13.4. The Kier molecular flexibility index (Phi) is 12.9. The second-order valence-electron chi connectivity index (χ2n) is 6.29. The van der Waals surface area contributed by atoms with Crippen LogP contribution in [0.2, 0.25) is 0 Å². The number of sulfonamides is 2. The van der Waals surface area contributed by atoms with E-state index >= 15 is 0 Å². The van der Waals surface area contributed by atoms with Crippen LogP contribution in [0.25, 0.3) is 0 Å². The van der Waals surface area contributed by atoms with Gasteiger partial charge in [0.2, 0.25) is 20.0 Å². The summed E-state index contributed by atoms with van der Waals surface area (Å²) in [5.74, 6) is 0. The van der Waals surface area contributed by atoms with Crippen molar-refractivity contribution in [1.29, 1.82) is 0 Å². The number of alkyl halides is 1. The Labute approximate surface area is 195 Å². The van der Waals surface area contributed by atoms with E-state index in [-0.39, 0.29) is 0 Å². The Morgan fingerprint density at radius 2 is 1.30 bits per heavy atom. The fourth-order valence-corrected chi connectivity index (χ4v) is 4.31. The van der Waals surface area contributed by atoms with Crippen molar-refractivity contribution in [2.45, 2.75) is 22.0 Å². The number of rotatable bonds is 5. The molecule has 0 amide bonds. The van der Waals surface area contributed by atoms with Crippen molar-refractivity contribution in [2.24, 2.45) is 4.30 Å². The van der Waals surface area contributed by atoms with Gasteiger partial charge in [-0.15, -0.1) is 0 Å². The Morgan fingerprint density at radius 3 is 1.67 bits per heavy atom. The van der Waals surface area contributed by atoms with E-state index in [1.54, 1.807) is 36.4 Å². The van der Waals surface area contributed by atoms with Crippen molar-refractivity contribution >= 4 is 56.4 Å². The first kappa shape index (κ1) is 29.0. The van der Waals surface area contributed by atoms with Gasteiger partial charge in [0.05, 0.1) is 9.79 Å². The number of benzene rings is 2. The van der Waals surface area contributed by atoms with Crippen LogP contribution in [0.4, 0.5) is 0 Å². The Hall–Kier alpha value is -1.05. The van der Waals surface area contributed by atoms with Gasteiger partial charge in [-0.1, -0.05) is 40.2 Å². The van der Waals surface area contributed by atoms with Gasteiger partial charge in [0.1, 0.15) is 0 Å². The molecule has 7 nitrogen and oxygen atoms in total. The van der Waals surface area contributed by atoms with Gasteiger partial charge in [0, 0.05) is 33.5 Å². The van der Waals surface area contributed by atoms with Crippen molar-refractivity contribution in [3.63, 3.8) is 0 Å². The molecule has 12 heteroatoms. The van der Waals surface area contributed by atoms with E-state index in [1.165, 1.54) is 36.8 Å². The Bertz CT molecular complexity index is 1030. The molecule has 2 rings (SSSR count). The zero-order chi connectivity index (χ0) is 23.5. The van der Waals surface area contributed by atoms with Crippen LogP contribution in [0.5, 0.6) is 0 Å². The number of hydrogen-bond donors (Lipinski definition) is 1. The summed E-state index contributed by atoms with van der Waals surface area (Å²) in [7, 11) is 3.87. The Morgan fingerprint density at radius 1 is 0.900 bits per heavy atom. The first-order valence-electron chi connectivity index (χ1n) is 8.45. The summed E-state index contributed by atoms with van der Waals surface area (Å²) in [4.78, 5) is 0.678. The molecule has 0 atom stereocenters. The van der Waals surface area contributed by atoms with Gasteiger partial charge in [-0.05, 0) is 42.3 Å². The van der Waals surface area contributed by atoms with Gasteiger partial charge in [-0.25, -0.2) is 25.4 Å². The van der Waals surface area contributed by atoms with Gasteiger partial charge in [0.25, 0.3) is 0 Å². The molecule has 1 radical (unpaired) electrons. The van der Waals surface area contributed by atoms with E-state index in [0.717, 1.165) is 11.1 Å². The molecular weight excluding hydrogens is 509 g/mol. The van der Waals surface area contributed by atoms with Gasteiger partial charge in [0.15, 0.2) is 0 Å². The summed E-state index contributed by atoms with van der Waals surface area (Å²) in [5, 5.41) is 0.657. The van der Waals surface area contributed by atoms with Crippen LogP contribution >= 0.6 is 28.7 Å². The zero-order valence-corrected chi connectivity index (χ0v) is 21.6. The zero-order valence-electron chi connectivity index (χ0n) is 17.5. The maximum absolute atomic E-state index is 11.7. The molecule has 0 aliphatic carbocycles. The third-order valence-corrected chi connectivity index (χ3v) is 7.87. The molecule has 2 aromatic carbocycles. The standard InChI is InChI=1S/C9H12BrNO2S.C9H13NO2S.BHNS/c1-11(2)14(12,13)9-5-3-4-8(6-9)7-10;1-8-5-4-6-9(7-8)13(11,12)10(2)3;1-2-3/h3-6H,7H2,1-2H3;4-7H,1-3H3;3H. The fraction of sp³-hybridized carbons (Fsp3) is 0.333. The van der Waals surface area contributed by atoms with Crippen molar-refractivity contribution < 1.29 is 16.8 Å². The minimum absolute atomic E-state index is 0.333. The number of nitrogens with zero attached hydrogens (tertiary/aromatic N) is 3. The molecule has 0 spiro atoms. The minimum atomic E-state index is -3.30. The number of hydrogen-bond acceptors (Lipinski definition) is 6. The summed E-state index contributed by atoms with van der Waals surface area (Å²) in [6.07, 6.45) is 0. The van der Waals surface area contributed by atoms with E-state index in [1.807, 2.05) is 19.1 Å². The van der Waals surface area contributed by atoms with Gasteiger partial charge in [-0.2, -0.15) is 0 Å². The first-order valence-corrected chi connectivity index (χ1v) is 12.9. The van der Waals surface area contributed by atoms with Crippen LogP contribution in [-0.2, 0) is 25.4 Å². The number of aryl methyl sites for hydroxylation is 1. The summed E-state index contributed by atoms with van der Waals surface area (Å²) in [5.41, 5.74) is 1.90. The molecule has 0 aromatic heterocycles. The monoisotopic (exact) mass is 534 g/mol.